The summed E-state index contributed by atoms with van der Waals surface area (Å²) in [7, 11) is 0. The average molecular weight is 493 g/mol. The van der Waals surface area contributed by atoms with Crippen molar-refractivity contribution in [1.82, 2.24) is 9.80 Å². The highest BCUT2D eigenvalue weighted by Crippen LogP contribution is 2.22. The van der Waals surface area contributed by atoms with Gasteiger partial charge in [0.15, 0.2) is 0 Å². The van der Waals surface area contributed by atoms with Gasteiger partial charge in [-0.2, -0.15) is 0 Å². The highest BCUT2D eigenvalue weighted by atomic mass is 16.6. The fourth-order valence-electron chi connectivity index (χ4n) is 4.04. The number of aliphatic hydroxyl groups excluding tert-OH is 1. The van der Waals surface area contributed by atoms with Crippen LogP contribution in [0.3, 0.4) is 0 Å². The summed E-state index contributed by atoms with van der Waals surface area (Å²) in [6.45, 7) is 13.8. The first-order valence-corrected chi connectivity index (χ1v) is 12.6. The number of hydrogen-bond acceptors (Lipinski definition) is 6. The van der Waals surface area contributed by atoms with Crippen LogP contribution >= 0.6 is 0 Å². The summed E-state index contributed by atoms with van der Waals surface area (Å²) in [6, 6.07) is 10.2. The van der Waals surface area contributed by atoms with Crippen LogP contribution < -0.4 is 0 Å². The number of aliphatic hydroxyl groups is 1. The molecule has 1 aromatic rings. The average Bonchev–Trinajstić information content (AvgIpc) is 3.42. The van der Waals surface area contributed by atoms with Crippen molar-refractivity contribution in [3.05, 3.63) is 35.9 Å². The lowest BCUT2D eigenvalue weighted by molar-refractivity contribution is 0.00875. The van der Waals surface area contributed by atoms with Gasteiger partial charge in [-0.05, 0) is 72.8 Å². The van der Waals surface area contributed by atoms with Crippen LogP contribution in [0.2, 0.25) is 0 Å². The Bertz CT molecular complexity index is 787. The van der Waals surface area contributed by atoms with Gasteiger partial charge in [0.25, 0.3) is 0 Å². The minimum atomic E-state index is -0.459. The zero-order chi connectivity index (χ0) is 26.1. The van der Waals surface area contributed by atoms with Crippen molar-refractivity contribution in [1.29, 1.82) is 0 Å². The van der Waals surface area contributed by atoms with E-state index in [9.17, 15) is 9.59 Å². The van der Waals surface area contributed by atoms with Crippen LogP contribution in [0.4, 0.5) is 9.59 Å². The molecule has 2 amide bonds. The van der Waals surface area contributed by atoms with Gasteiger partial charge in [-0.25, -0.2) is 9.59 Å². The van der Waals surface area contributed by atoms with Gasteiger partial charge in [0.2, 0.25) is 0 Å². The van der Waals surface area contributed by atoms with Crippen LogP contribution in [-0.4, -0.2) is 76.7 Å². The number of likely N-dealkylation sites (tertiary alicyclic amines) is 2. The minimum absolute atomic E-state index is 0.0270. The molecule has 0 aromatic heterocycles. The van der Waals surface area contributed by atoms with E-state index in [4.69, 9.17) is 19.3 Å². The molecule has 2 fully saturated rings. The van der Waals surface area contributed by atoms with Crippen molar-refractivity contribution in [3.63, 3.8) is 0 Å². The molecule has 1 aromatic carbocycles. The summed E-state index contributed by atoms with van der Waals surface area (Å²) in [6.07, 6.45) is 3.27. The fourth-order valence-corrected chi connectivity index (χ4v) is 4.04. The van der Waals surface area contributed by atoms with Crippen LogP contribution in [0.1, 0.15) is 72.8 Å². The summed E-state index contributed by atoms with van der Waals surface area (Å²) in [5.74, 6) is 0. The monoisotopic (exact) mass is 492 g/mol. The van der Waals surface area contributed by atoms with Crippen LogP contribution in [-0.2, 0) is 20.8 Å². The van der Waals surface area contributed by atoms with Crippen molar-refractivity contribution < 1.29 is 28.9 Å². The first-order valence-electron chi connectivity index (χ1n) is 12.6. The van der Waals surface area contributed by atoms with E-state index in [1.807, 2.05) is 71.9 Å². The Morgan fingerprint density at radius 3 is 1.83 bits per heavy atom. The third-order valence-electron chi connectivity index (χ3n) is 5.64. The van der Waals surface area contributed by atoms with E-state index in [1.165, 1.54) is 0 Å². The maximum Gasteiger partial charge on any atom is 0.410 e. The molecule has 0 bridgehead atoms. The Kier molecular flexibility index (Phi) is 10.8. The maximum absolute atomic E-state index is 12.2. The number of nitrogens with zero attached hydrogens (tertiary/aromatic N) is 2. The topological polar surface area (TPSA) is 88.5 Å². The number of ether oxygens (including phenoxy) is 3. The number of carbonyl (C=O) groups is 2. The Labute approximate surface area is 210 Å². The predicted octanol–water partition coefficient (Wildman–Crippen LogP) is 4.98. The Balaban J connectivity index is 0.000000269. The van der Waals surface area contributed by atoms with E-state index >= 15 is 0 Å². The molecule has 2 aliphatic rings. The Morgan fingerprint density at radius 1 is 0.857 bits per heavy atom. The lowest BCUT2D eigenvalue weighted by Gasteiger charge is -2.28. The van der Waals surface area contributed by atoms with E-state index in [2.05, 4.69) is 0 Å². The third-order valence-corrected chi connectivity index (χ3v) is 5.64. The predicted molar refractivity (Wildman–Crippen MR) is 135 cm³/mol. The summed E-state index contributed by atoms with van der Waals surface area (Å²) in [4.78, 5) is 27.2. The molecule has 8 nitrogen and oxygen atoms in total. The van der Waals surface area contributed by atoms with Crippen molar-refractivity contribution in [2.24, 2.45) is 0 Å². The molecule has 1 N–H and O–H groups in total. The third kappa shape index (κ3) is 10.4. The molecule has 35 heavy (non-hydrogen) atoms. The quantitative estimate of drug-likeness (QED) is 0.624. The number of rotatable bonds is 5. The van der Waals surface area contributed by atoms with Gasteiger partial charge in [-0.1, -0.05) is 30.3 Å². The van der Waals surface area contributed by atoms with Crippen molar-refractivity contribution in [2.75, 3.05) is 26.3 Å². The zero-order valence-electron chi connectivity index (χ0n) is 22.3. The summed E-state index contributed by atoms with van der Waals surface area (Å²) >= 11 is 0. The van der Waals surface area contributed by atoms with Crippen LogP contribution in [0, 0.1) is 0 Å². The molecule has 2 aliphatic heterocycles. The van der Waals surface area contributed by atoms with Crippen molar-refractivity contribution in [3.8, 4) is 0 Å². The lowest BCUT2D eigenvalue weighted by atomic mass is 10.2. The first-order chi connectivity index (χ1) is 16.4. The summed E-state index contributed by atoms with van der Waals surface area (Å²) in [5, 5.41) is 9.03. The molecule has 0 unspecified atom stereocenters. The highest BCUT2D eigenvalue weighted by Gasteiger charge is 2.33. The Morgan fingerprint density at radius 2 is 1.34 bits per heavy atom. The lowest BCUT2D eigenvalue weighted by Crippen LogP contribution is -2.41. The summed E-state index contributed by atoms with van der Waals surface area (Å²) < 4.78 is 16.4. The van der Waals surface area contributed by atoms with Crippen LogP contribution in [0.5, 0.6) is 0 Å². The molecular formula is C27H44N2O6. The zero-order valence-corrected chi connectivity index (χ0v) is 22.3. The van der Waals surface area contributed by atoms with Gasteiger partial charge in [-0.3, -0.25) is 0 Å². The van der Waals surface area contributed by atoms with E-state index < -0.39 is 11.2 Å². The molecule has 2 saturated heterocycles. The van der Waals surface area contributed by atoms with Gasteiger partial charge in [-0.15, -0.1) is 0 Å². The molecule has 8 heteroatoms. The van der Waals surface area contributed by atoms with Crippen molar-refractivity contribution in [2.45, 2.75) is 97.1 Å². The molecular weight excluding hydrogens is 448 g/mol. The number of hydrogen-bond donors (Lipinski definition) is 1. The molecule has 2 atom stereocenters. The van der Waals surface area contributed by atoms with Gasteiger partial charge < -0.3 is 29.1 Å². The normalized spacial score (nSPS) is 20.3. The standard InChI is InChI=1S/C17H25NO3.C10H19NO3/c1-17(2,3)21-16(19)18-11-7-10-15(18)13-20-12-14-8-5-4-6-9-14;1-10(2,3)14-9(13)11-6-4-5-8(11)7-12/h4-6,8-9,15H,7,10-13H2,1-3H3;8,12H,4-7H2,1-3H3/t15-;8-/m00/s1. The number of amides is 2. The molecule has 3 rings (SSSR count). The summed E-state index contributed by atoms with van der Waals surface area (Å²) in [5.41, 5.74) is 0.244. The Hall–Kier alpha value is -2.32. The largest absolute Gasteiger partial charge is 0.444 e. The SMILES string of the molecule is CC(C)(C)OC(=O)N1CCC[C@H]1CO.CC(C)(C)OC(=O)N1CCC[C@H]1COCc1ccccc1. The van der Waals surface area contributed by atoms with Gasteiger partial charge >= 0.3 is 12.2 Å². The molecule has 198 valence electrons. The fraction of sp³-hybridized carbons (Fsp3) is 0.704. The molecule has 0 spiro atoms. The first kappa shape index (κ1) is 28.9. The maximum atomic E-state index is 12.2. The van der Waals surface area contributed by atoms with E-state index in [0.717, 1.165) is 37.8 Å². The molecule has 0 saturated carbocycles. The van der Waals surface area contributed by atoms with Crippen molar-refractivity contribution >= 4 is 12.2 Å². The van der Waals surface area contributed by atoms with Gasteiger partial charge in [0.1, 0.15) is 11.2 Å². The highest BCUT2D eigenvalue weighted by molar-refractivity contribution is 5.69. The van der Waals surface area contributed by atoms with Gasteiger partial charge in [0.05, 0.1) is 31.9 Å². The molecule has 0 aliphatic carbocycles. The van der Waals surface area contributed by atoms with Crippen LogP contribution in [0.15, 0.2) is 30.3 Å². The van der Waals surface area contributed by atoms with Crippen LogP contribution in [0.25, 0.3) is 0 Å². The smallest absolute Gasteiger partial charge is 0.410 e. The second kappa shape index (κ2) is 13.1. The van der Waals surface area contributed by atoms with E-state index in [0.29, 0.717) is 19.8 Å². The van der Waals surface area contributed by atoms with E-state index in [1.54, 1.807) is 9.80 Å². The van der Waals surface area contributed by atoms with Gasteiger partial charge in [0, 0.05) is 13.1 Å². The second-order valence-electron chi connectivity index (χ2n) is 11.1. The molecule has 0 radical (unpaired) electrons. The number of benzene rings is 1. The number of carbonyl (C=O) groups excluding carboxylic acids is 2. The minimum Gasteiger partial charge on any atom is -0.444 e. The molecule has 2 heterocycles. The second-order valence-corrected chi connectivity index (χ2v) is 11.1. The van der Waals surface area contributed by atoms with E-state index in [-0.39, 0.29) is 30.9 Å².